The highest BCUT2D eigenvalue weighted by Gasteiger charge is 2.29. The van der Waals surface area contributed by atoms with Crippen LogP contribution in [-0.4, -0.2) is 36.9 Å². The van der Waals surface area contributed by atoms with Crippen LogP contribution < -0.4 is 5.32 Å². The molecule has 35 heavy (non-hydrogen) atoms. The number of carbonyl (C=O) groups is 2. The molecular formula is C29H31NO5. The van der Waals surface area contributed by atoms with Crippen molar-refractivity contribution in [3.8, 4) is 11.1 Å². The number of fused-ring (bicyclic) bond motifs is 3. The maximum absolute atomic E-state index is 12.6. The van der Waals surface area contributed by atoms with Crippen LogP contribution >= 0.6 is 0 Å². The molecule has 6 nitrogen and oxygen atoms in total. The Morgan fingerprint density at radius 2 is 1.54 bits per heavy atom. The summed E-state index contributed by atoms with van der Waals surface area (Å²) in [6.07, 6.45) is 0.0690. The fourth-order valence-corrected chi connectivity index (χ4v) is 4.95. The van der Waals surface area contributed by atoms with Gasteiger partial charge in [-0.3, -0.25) is 0 Å². The molecule has 0 aliphatic heterocycles. The van der Waals surface area contributed by atoms with Crippen molar-refractivity contribution in [2.24, 2.45) is 0 Å². The van der Waals surface area contributed by atoms with Gasteiger partial charge < -0.3 is 19.9 Å². The number of hydrogen-bond donors (Lipinski definition) is 2. The molecule has 0 saturated carbocycles. The van der Waals surface area contributed by atoms with Crippen LogP contribution in [0.1, 0.15) is 45.7 Å². The summed E-state index contributed by atoms with van der Waals surface area (Å²) in [5.41, 5.74) is 8.89. The van der Waals surface area contributed by atoms with Crippen molar-refractivity contribution >= 4 is 12.1 Å². The summed E-state index contributed by atoms with van der Waals surface area (Å²) in [5.74, 6) is -1.16. The predicted molar refractivity (Wildman–Crippen MR) is 135 cm³/mol. The number of amides is 1. The summed E-state index contributed by atoms with van der Waals surface area (Å²) in [6, 6.07) is 19.2. The van der Waals surface area contributed by atoms with Crippen molar-refractivity contribution in [2.45, 2.75) is 45.3 Å². The van der Waals surface area contributed by atoms with E-state index >= 15 is 0 Å². The number of nitrogens with one attached hydrogen (secondary N) is 1. The zero-order valence-corrected chi connectivity index (χ0v) is 20.3. The van der Waals surface area contributed by atoms with Crippen molar-refractivity contribution in [3.05, 3.63) is 94.0 Å². The van der Waals surface area contributed by atoms with E-state index in [2.05, 4.69) is 17.4 Å². The first-order chi connectivity index (χ1) is 16.9. The van der Waals surface area contributed by atoms with Gasteiger partial charge in [0.1, 0.15) is 12.6 Å². The third-order valence-electron chi connectivity index (χ3n) is 6.70. The molecule has 0 bridgehead atoms. The van der Waals surface area contributed by atoms with Crippen LogP contribution in [0.15, 0.2) is 60.7 Å². The molecule has 3 aromatic rings. The molecule has 6 heteroatoms. The number of benzene rings is 3. The van der Waals surface area contributed by atoms with Gasteiger partial charge in [-0.1, -0.05) is 60.7 Å². The molecule has 1 amide bonds. The molecule has 0 fully saturated rings. The molecule has 0 saturated heterocycles. The standard InChI is InChI=1S/C29H31NO5/c1-18-14-20(15-19(2)25(18)16-34-3)12-13-27(28(31)32)30-29(33)35-17-26-23-10-6-4-8-21(23)22-9-5-7-11-24(22)26/h4-11,14-15,26-27H,12-13,16-17H2,1-3H3,(H,30,33)(H,31,32). The summed E-state index contributed by atoms with van der Waals surface area (Å²) in [6.45, 7) is 4.73. The molecule has 1 aliphatic carbocycles. The average Bonchev–Trinajstić information content (AvgIpc) is 3.16. The maximum atomic E-state index is 12.6. The normalized spacial score (nSPS) is 13.1. The minimum Gasteiger partial charge on any atom is -0.480 e. The number of aryl methyl sites for hydroxylation is 3. The lowest BCUT2D eigenvalue weighted by Crippen LogP contribution is -2.41. The van der Waals surface area contributed by atoms with Crippen molar-refractivity contribution < 1.29 is 24.2 Å². The smallest absolute Gasteiger partial charge is 0.407 e. The zero-order valence-electron chi connectivity index (χ0n) is 20.3. The summed E-state index contributed by atoms with van der Waals surface area (Å²) >= 11 is 0. The van der Waals surface area contributed by atoms with Crippen molar-refractivity contribution in [3.63, 3.8) is 0 Å². The third-order valence-corrected chi connectivity index (χ3v) is 6.70. The van der Waals surface area contributed by atoms with Crippen molar-refractivity contribution in [1.29, 1.82) is 0 Å². The van der Waals surface area contributed by atoms with Crippen LogP contribution in [0, 0.1) is 13.8 Å². The topological polar surface area (TPSA) is 84.9 Å². The molecule has 0 radical (unpaired) electrons. The zero-order chi connectivity index (χ0) is 24.9. The molecule has 182 valence electrons. The SMILES string of the molecule is COCc1c(C)cc(CCC(NC(=O)OCC2c3ccccc3-c3ccccc32)C(=O)O)cc1C. The van der Waals surface area contributed by atoms with E-state index in [-0.39, 0.29) is 18.9 Å². The molecule has 3 aromatic carbocycles. The number of carbonyl (C=O) groups excluding carboxylic acids is 1. The van der Waals surface area contributed by atoms with E-state index in [1.54, 1.807) is 7.11 Å². The van der Waals surface area contributed by atoms with Gasteiger partial charge in [0.25, 0.3) is 0 Å². The Hall–Kier alpha value is -3.64. The minimum absolute atomic E-state index is 0.0759. The van der Waals surface area contributed by atoms with E-state index in [4.69, 9.17) is 9.47 Å². The van der Waals surface area contributed by atoms with E-state index in [0.29, 0.717) is 13.0 Å². The van der Waals surface area contributed by atoms with Gasteiger partial charge in [0.2, 0.25) is 0 Å². The largest absolute Gasteiger partial charge is 0.480 e. The maximum Gasteiger partial charge on any atom is 0.407 e. The molecule has 1 atom stereocenters. The van der Waals surface area contributed by atoms with Gasteiger partial charge in [0.05, 0.1) is 6.61 Å². The Morgan fingerprint density at radius 3 is 2.09 bits per heavy atom. The van der Waals surface area contributed by atoms with E-state index in [9.17, 15) is 14.7 Å². The molecule has 0 spiro atoms. The van der Waals surface area contributed by atoms with Crippen LogP contribution in [0.5, 0.6) is 0 Å². The third kappa shape index (κ3) is 5.38. The molecule has 4 rings (SSSR count). The van der Waals surface area contributed by atoms with Crippen molar-refractivity contribution in [2.75, 3.05) is 13.7 Å². The summed E-state index contributed by atoms with van der Waals surface area (Å²) in [4.78, 5) is 24.4. The fraction of sp³-hybridized carbons (Fsp3) is 0.310. The quantitative estimate of drug-likeness (QED) is 0.436. The molecule has 0 heterocycles. The van der Waals surface area contributed by atoms with Crippen LogP contribution in [0.3, 0.4) is 0 Å². The molecule has 1 unspecified atom stereocenters. The van der Waals surface area contributed by atoms with Gasteiger partial charge in [0, 0.05) is 13.0 Å². The van der Waals surface area contributed by atoms with Gasteiger partial charge >= 0.3 is 12.1 Å². The van der Waals surface area contributed by atoms with E-state index < -0.39 is 18.1 Å². The molecule has 2 N–H and O–H groups in total. The van der Waals surface area contributed by atoms with Gasteiger partial charge in [-0.25, -0.2) is 9.59 Å². The number of aliphatic carboxylic acids is 1. The number of methoxy groups -OCH3 is 1. The Labute approximate surface area is 205 Å². The Bertz CT molecular complexity index is 1170. The average molecular weight is 474 g/mol. The number of hydrogen-bond acceptors (Lipinski definition) is 4. The number of alkyl carbamates (subject to hydrolysis) is 1. The monoisotopic (exact) mass is 473 g/mol. The van der Waals surface area contributed by atoms with Crippen LogP contribution in [0.4, 0.5) is 4.79 Å². The highest BCUT2D eigenvalue weighted by Crippen LogP contribution is 2.44. The summed E-state index contributed by atoms with van der Waals surface area (Å²) in [5, 5.41) is 12.2. The molecular weight excluding hydrogens is 442 g/mol. The van der Waals surface area contributed by atoms with Crippen molar-refractivity contribution in [1.82, 2.24) is 5.32 Å². The highest BCUT2D eigenvalue weighted by atomic mass is 16.5. The second-order valence-electron chi connectivity index (χ2n) is 9.04. The lowest BCUT2D eigenvalue weighted by molar-refractivity contribution is -0.139. The molecule has 1 aliphatic rings. The lowest BCUT2D eigenvalue weighted by atomic mass is 9.96. The first-order valence-electron chi connectivity index (χ1n) is 11.8. The van der Waals surface area contributed by atoms with Crippen LogP contribution in [0.2, 0.25) is 0 Å². The van der Waals surface area contributed by atoms with Crippen LogP contribution in [-0.2, 0) is 27.3 Å². The Kier molecular flexibility index (Phi) is 7.51. The second-order valence-corrected chi connectivity index (χ2v) is 9.04. The predicted octanol–water partition coefficient (Wildman–Crippen LogP) is 5.37. The van der Waals surface area contributed by atoms with E-state index in [0.717, 1.165) is 44.5 Å². The first kappa shape index (κ1) is 24.5. The number of carboxylic acids is 1. The van der Waals surface area contributed by atoms with Gasteiger partial charge in [-0.05, 0) is 71.2 Å². The van der Waals surface area contributed by atoms with E-state index in [1.165, 1.54) is 0 Å². The van der Waals surface area contributed by atoms with Gasteiger partial charge in [-0.2, -0.15) is 0 Å². The second kappa shape index (κ2) is 10.7. The van der Waals surface area contributed by atoms with E-state index in [1.807, 2.05) is 62.4 Å². The van der Waals surface area contributed by atoms with Crippen LogP contribution in [0.25, 0.3) is 11.1 Å². The summed E-state index contributed by atoms with van der Waals surface area (Å²) < 4.78 is 10.8. The number of carboxylic acid groups (broad SMARTS) is 1. The fourth-order valence-electron chi connectivity index (χ4n) is 4.95. The first-order valence-corrected chi connectivity index (χ1v) is 11.8. The minimum atomic E-state index is -1.08. The highest BCUT2D eigenvalue weighted by molar-refractivity contribution is 5.81. The number of rotatable bonds is 9. The number of ether oxygens (including phenoxy) is 2. The Balaban J connectivity index is 1.37. The molecule has 0 aromatic heterocycles. The lowest BCUT2D eigenvalue weighted by Gasteiger charge is -2.18. The summed E-state index contributed by atoms with van der Waals surface area (Å²) in [7, 11) is 1.67. The van der Waals surface area contributed by atoms with Gasteiger partial charge in [0.15, 0.2) is 0 Å². The van der Waals surface area contributed by atoms with Gasteiger partial charge in [-0.15, -0.1) is 0 Å². The Morgan fingerprint density at radius 1 is 0.971 bits per heavy atom.